The number of aliphatic hydroxyl groups excluding tert-OH is 3. The van der Waals surface area contributed by atoms with Gasteiger partial charge >= 0.3 is 17.8 Å². The van der Waals surface area contributed by atoms with Crippen molar-refractivity contribution < 1.29 is 38.0 Å². The largest absolute Gasteiger partial charge is 0.471 e. The second kappa shape index (κ2) is 8.04. The highest BCUT2D eigenvalue weighted by Crippen LogP contribution is 2.28. The maximum absolute atomic E-state index is 12.1. The Kier molecular flexibility index (Phi) is 6.20. The van der Waals surface area contributed by atoms with Crippen molar-refractivity contribution in [2.45, 2.75) is 30.7 Å². The highest BCUT2D eigenvalue weighted by molar-refractivity contribution is 5.81. The molecule has 1 saturated heterocycles. The third kappa shape index (κ3) is 4.63. The van der Waals surface area contributed by atoms with Crippen LogP contribution in [0.15, 0.2) is 21.9 Å². The normalized spacial score (nSPS) is 25.9. The highest BCUT2D eigenvalue weighted by Gasteiger charge is 2.43. The van der Waals surface area contributed by atoms with Crippen molar-refractivity contribution >= 4 is 12.0 Å². The molecule has 1 aliphatic heterocycles. The van der Waals surface area contributed by atoms with Crippen LogP contribution in [0.3, 0.4) is 0 Å². The average molecular weight is 395 g/mol. The molecule has 0 radical (unpaired) electrons. The van der Waals surface area contributed by atoms with E-state index in [-0.39, 0.29) is 5.56 Å². The lowest BCUT2D eigenvalue weighted by atomic mass is 10.1. The molecule has 4 atom stereocenters. The van der Waals surface area contributed by atoms with Crippen LogP contribution in [0.25, 0.3) is 6.08 Å². The van der Waals surface area contributed by atoms with Crippen molar-refractivity contribution in [3.05, 3.63) is 38.7 Å². The number of aromatic nitrogens is 2. The number of nitrogens with zero attached hydrogens (tertiary/aromatic N) is 1. The maximum atomic E-state index is 12.1. The van der Waals surface area contributed by atoms with E-state index in [0.717, 1.165) is 22.9 Å². The number of nitrogens with one attached hydrogen (secondary N) is 2. The third-order valence-corrected chi connectivity index (χ3v) is 3.72. The van der Waals surface area contributed by atoms with E-state index in [2.05, 4.69) is 0 Å². The number of halogens is 3. The Labute approximate surface area is 148 Å². The lowest BCUT2D eigenvalue weighted by molar-refractivity contribution is -0.173. The van der Waals surface area contributed by atoms with E-state index in [4.69, 9.17) is 9.84 Å². The first-order chi connectivity index (χ1) is 12.6. The number of aromatic amines is 1. The number of hydrogen-bond donors (Lipinski definition) is 5. The number of ether oxygens (including phenoxy) is 1. The SMILES string of the molecule is O=C(NC/C=C/c1cn([C@@H]2O[C@H](CO)[C@@H](O)[C@H]2O)c(=O)[nH]c1=O)C(F)(F)F. The summed E-state index contributed by atoms with van der Waals surface area (Å²) in [5.74, 6) is -2.16. The molecular formula is C14H16F3N3O7. The van der Waals surface area contributed by atoms with Gasteiger partial charge in [-0.2, -0.15) is 13.2 Å². The van der Waals surface area contributed by atoms with Gasteiger partial charge in [0.15, 0.2) is 6.23 Å². The van der Waals surface area contributed by atoms with Gasteiger partial charge in [-0.25, -0.2) is 4.79 Å². The Bertz CT molecular complexity index is 832. The summed E-state index contributed by atoms with van der Waals surface area (Å²) in [5.41, 5.74) is -2.03. The van der Waals surface area contributed by atoms with Gasteiger partial charge in [0.25, 0.3) is 5.56 Å². The van der Waals surface area contributed by atoms with Crippen molar-refractivity contribution in [2.75, 3.05) is 13.2 Å². The van der Waals surface area contributed by atoms with Crippen LogP contribution in [0.4, 0.5) is 13.2 Å². The molecular weight excluding hydrogens is 379 g/mol. The summed E-state index contributed by atoms with van der Waals surface area (Å²) < 4.78 is 42.1. The molecule has 1 amide bonds. The van der Waals surface area contributed by atoms with E-state index in [1.165, 1.54) is 0 Å². The number of hydrogen-bond acceptors (Lipinski definition) is 7. The van der Waals surface area contributed by atoms with Crippen molar-refractivity contribution in [3.8, 4) is 0 Å². The number of amides is 1. The predicted molar refractivity (Wildman–Crippen MR) is 82.4 cm³/mol. The van der Waals surface area contributed by atoms with E-state index < -0.39 is 61.0 Å². The molecule has 2 rings (SSSR count). The van der Waals surface area contributed by atoms with Gasteiger partial charge < -0.3 is 25.4 Å². The number of alkyl halides is 3. The molecule has 0 unspecified atom stereocenters. The van der Waals surface area contributed by atoms with E-state index in [9.17, 15) is 37.8 Å². The molecule has 13 heteroatoms. The summed E-state index contributed by atoms with van der Waals surface area (Å²) in [4.78, 5) is 36.3. The molecule has 2 heterocycles. The number of H-pyrrole nitrogens is 1. The maximum Gasteiger partial charge on any atom is 0.471 e. The minimum atomic E-state index is -5.04. The zero-order chi connectivity index (χ0) is 20.4. The molecule has 1 aromatic heterocycles. The number of carbonyl (C=O) groups is 1. The Morgan fingerprint density at radius 1 is 1.33 bits per heavy atom. The lowest BCUT2D eigenvalue weighted by Gasteiger charge is -2.17. The first-order valence-electron chi connectivity index (χ1n) is 7.55. The van der Waals surface area contributed by atoms with Crippen molar-refractivity contribution in [1.29, 1.82) is 0 Å². The van der Waals surface area contributed by atoms with Crippen molar-refractivity contribution in [3.63, 3.8) is 0 Å². The molecule has 1 aromatic rings. The molecule has 0 aromatic carbocycles. The monoisotopic (exact) mass is 395 g/mol. The van der Waals surface area contributed by atoms with Crippen LogP contribution in [-0.4, -0.2) is 68.4 Å². The van der Waals surface area contributed by atoms with Crippen molar-refractivity contribution in [1.82, 2.24) is 14.9 Å². The molecule has 0 bridgehead atoms. The molecule has 0 aliphatic carbocycles. The van der Waals surface area contributed by atoms with E-state index in [1.54, 1.807) is 5.32 Å². The zero-order valence-electron chi connectivity index (χ0n) is 13.5. The van der Waals surface area contributed by atoms with E-state index >= 15 is 0 Å². The summed E-state index contributed by atoms with van der Waals surface area (Å²) >= 11 is 0. The molecule has 5 N–H and O–H groups in total. The fourth-order valence-corrected chi connectivity index (χ4v) is 2.36. The Morgan fingerprint density at radius 3 is 2.56 bits per heavy atom. The summed E-state index contributed by atoms with van der Waals surface area (Å²) in [6.45, 7) is -1.16. The number of carbonyl (C=O) groups excluding carboxylic acids is 1. The van der Waals surface area contributed by atoms with Crippen LogP contribution in [0.2, 0.25) is 0 Å². The summed E-state index contributed by atoms with van der Waals surface area (Å²) in [5, 5.41) is 30.3. The Balaban J connectivity index is 2.19. The van der Waals surface area contributed by atoms with Gasteiger partial charge in [-0.3, -0.25) is 19.1 Å². The van der Waals surface area contributed by atoms with Gasteiger partial charge in [0.05, 0.1) is 12.2 Å². The topological polar surface area (TPSA) is 154 Å². The van der Waals surface area contributed by atoms with Crippen LogP contribution >= 0.6 is 0 Å². The second-order valence-corrected chi connectivity index (χ2v) is 5.59. The van der Waals surface area contributed by atoms with Gasteiger partial charge in [-0.1, -0.05) is 12.2 Å². The summed E-state index contributed by atoms with van der Waals surface area (Å²) in [7, 11) is 0. The fourth-order valence-electron chi connectivity index (χ4n) is 2.36. The first kappa shape index (κ1) is 20.8. The Morgan fingerprint density at radius 2 is 2.00 bits per heavy atom. The smallest absolute Gasteiger partial charge is 0.394 e. The lowest BCUT2D eigenvalue weighted by Crippen LogP contribution is -2.38. The van der Waals surface area contributed by atoms with Gasteiger partial charge in [0.1, 0.15) is 18.3 Å². The van der Waals surface area contributed by atoms with Crippen LogP contribution in [-0.2, 0) is 9.53 Å². The first-order valence-corrected chi connectivity index (χ1v) is 7.55. The van der Waals surface area contributed by atoms with Crippen LogP contribution < -0.4 is 16.6 Å². The molecule has 1 fully saturated rings. The van der Waals surface area contributed by atoms with Crippen LogP contribution in [0, 0.1) is 0 Å². The Hall–Kier alpha value is -2.48. The number of aliphatic hydroxyl groups is 3. The average Bonchev–Trinajstić information content (AvgIpc) is 2.87. The van der Waals surface area contributed by atoms with E-state index in [0.29, 0.717) is 0 Å². The molecule has 0 spiro atoms. The minimum Gasteiger partial charge on any atom is -0.394 e. The predicted octanol–water partition coefficient (Wildman–Crippen LogP) is -2.16. The molecule has 27 heavy (non-hydrogen) atoms. The summed E-state index contributed by atoms with van der Waals surface area (Å²) in [6, 6.07) is 0. The molecule has 10 nitrogen and oxygen atoms in total. The minimum absolute atomic E-state index is 0.186. The zero-order valence-corrected chi connectivity index (χ0v) is 13.5. The second-order valence-electron chi connectivity index (χ2n) is 5.59. The van der Waals surface area contributed by atoms with Crippen LogP contribution in [0.5, 0.6) is 0 Å². The quantitative estimate of drug-likeness (QED) is 0.381. The number of rotatable bonds is 5. The van der Waals surface area contributed by atoms with Gasteiger partial charge in [0, 0.05) is 12.7 Å². The fraction of sp³-hybridized carbons (Fsp3) is 0.500. The van der Waals surface area contributed by atoms with E-state index in [1.807, 2.05) is 4.98 Å². The van der Waals surface area contributed by atoms with Gasteiger partial charge in [-0.15, -0.1) is 0 Å². The van der Waals surface area contributed by atoms with Gasteiger partial charge in [0.2, 0.25) is 0 Å². The van der Waals surface area contributed by atoms with Crippen molar-refractivity contribution in [2.24, 2.45) is 0 Å². The standard InChI is InChI=1S/C14H16F3N3O7/c15-14(16,17)12(25)18-3-1-2-6-4-20(13(26)19-10(6)24)11-9(23)8(22)7(5-21)27-11/h1-2,4,7-9,11,21-23H,3,5H2,(H,18,25)(H,19,24,26)/b2-1+/t7-,8-,9-,11-/m1/s1. The summed E-state index contributed by atoms with van der Waals surface area (Å²) in [6.07, 6.45) is -7.60. The highest BCUT2D eigenvalue weighted by atomic mass is 19.4. The van der Waals surface area contributed by atoms with Crippen LogP contribution in [0.1, 0.15) is 11.8 Å². The third-order valence-electron chi connectivity index (χ3n) is 3.72. The van der Waals surface area contributed by atoms with Gasteiger partial charge in [-0.05, 0) is 0 Å². The molecule has 150 valence electrons. The molecule has 1 aliphatic rings. The molecule has 0 saturated carbocycles.